The van der Waals surface area contributed by atoms with Crippen molar-refractivity contribution in [3.63, 3.8) is 0 Å². The zero-order chi connectivity index (χ0) is 7.72. The van der Waals surface area contributed by atoms with Crippen LogP contribution in [0.4, 0.5) is 0 Å². The Hall–Kier alpha value is -0.860. The summed E-state index contributed by atoms with van der Waals surface area (Å²) in [6.07, 6.45) is 0. The van der Waals surface area contributed by atoms with E-state index in [9.17, 15) is 0 Å². The van der Waals surface area contributed by atoms with Crippen LogP contribution in [0.1, 0.15) is 31.4 Å². The molecular formula is C7H14N3+. The molecule has 0 aromatic carbocycles. The van der Waals surface area contributed by atoms with E-state index in [1.165, 1.54) is 0 Å². The third-order valence-electron chi connectivity index (χ3n) is 1.70. The minimum atomic E-state index is 0.495. The van der Waals surface area contributed by atoms with Crippen molar-refractivity contribution in [1.29, 1.82) is 0 Å². The fourth-order valence-corrected chi connectivity index (χ4v) is 0.976. The number of rotatable bonds is 1. The van der Waals surface area contributed by atoms with Crippen LogP contribution in [0.3, 0.4) is 0 Å². The van der Waals surface area contributed by atoms with Gasteiger partial charge in [0.25, 0.3) is 5.82 Å². The van der Waals surface area contributed by atoms with E-state index >= 15 is 0 Å². The van der Waals surface area contributed by atoms with E-state index in [2.05, 4.69) is 28.6 Å². The molecule has 0 saturated carbocycles. The summed E-state index contributed by atoms with van der Waals surface area (Å²) < 4.78 is 2.07. The summed E-state index contributed by atoms with van der Waals surface area (Å²) in [7, 11) is 2.02. The maximum Gasteiger partial charge on any atom is 0.279 e. The Morgan fingerprint density at radius 2 is 2.10 bits per heavy atom. The predicted octanol–water partition coefficient (Wildman–Crippen LogP) is 0.666. The van der Waals surface area contributed by atoms with Gasteiger partial charge in [-0.25, -0.2) is 4.57 Å². The van der Waals surface area contributed by atoms with Gasteiger partial charge in [0, 0.05) is 17.9 Å². The largest absolute Gasteiger partial charge is 0.279 e. The first-order valence-electron chi connectivity index (χ1n) is 3.54. The van der Waals surface area contributed by atoms with Gasteiger partial charge >= 0.3 is 0 Å². The zero-order valence-corrected chi connectivity index (χ0v) is 6.97. The molecule has 3 nitrogen and oxygen atoms in total. The number of aromatic nitrogens is 3. The minimum Gasteiger partial charge on any atom is -0.235 e. The fraction of sp³-hybridized carbons (Fsp3) is 0.714. The first-order chi connectivity index (χ1) is 4.63. The van der Waals surface area contributed by atoms with E-state index in [1.54, 1.807) is 0 Å². The lowest BCUT2D eigenvalue weighted by molar-refractivity contribution is -0.686. The first-order valence-corrected chi connectivity index (χ1v) is 3.54. The molecule has 0 radical (unpaired) electrons. The topological polar surface area (TPSA) is 32.6 Å². The third kappa shape index (κ3) is 1.03. The van der Waals surface area contributed by atoms with Crippen molar-refractivity contribution in [2.75, 3.05) is 0 Å². The molecule has 1 aromatic rings. The van der Waals surface area contributed by atoms with Gasteiger partial charge in [-0.2, -0.15) is 0 Å². The molecule has 0 spiro atoms. The van der Waals surface area contributed by atoms with Crippen molar-refractivity contribution in [2.24, 2.45) is 7.05 Å². The predicted molar refractivity (Wildman–Crippen MR) is 38.6 cm³/mol. The van der Waals surface area contributed by atoms with Crippen LogP contribution in [0.25, 0.3) is 0 Å². The summed E-state index contributed by atoms with van der Waals surface area (Å²) in [5.74, 6) is 2.70. The smallest absolute Gasteiger partial charge is 0.235 e. The van der Waals surface area contributed by atoms with Gasteiger partial charge in [-0.05, 0) is 0 Å². The molecule has 0 atom stereocenters. The Morgan fingerprint density at radius 1 is 1.50 bits per heavy atom. The molecule has 0 aliphatic heterocycles. The van der Waals surface area contributed by atoms with Gasteiger partial charge < -0.3 is 0 Å². The lowest BCUT2D eigenvalue weighted by Crippen LogP contribution is -2.34. The number of aryl methyl sites for hydroxylation is 1. The lowest BCUT2D eigenvalue weighted by atomic mass is 10.2. The van der Waals surface area contributed by atoms with Gasteiger partial charge in [-0.3, -0.25) is 0 Å². The maximum absolute atomic E-state index is 4.15. The lowest BCUT2D eigenvalue weighted by Gasteiger charge is -1.95. The molecule has 56 valence electrons. The molecule has 0 unspecified atom stereocenters. The summed E-state index contributed by atoms with van der Waals surface area (Å²) in [4.78, 5) is 0. The molecule has 10 heavy (non-hydrogen) atoms. The molecule has 1 N–H and O–H groups in total. The Bertz CT molecular complexity index is 225. The number of aromatic amines is 1. The highest BCUT2D eigenvalue weighted by Gasteiger charge is 2.15. The van der Waals surface area contributed by atoms with E-state index in [-0.39, 0.29) is 0 Å². The molecule has 0 fully saturated rings. The van der Waals surface area contributed by atoms with E-state index in [0.29, 0.717) is 5.92 Å². The number of hydrogen-bond donors (Lipinski definition) is 1. The summed E-state index contributed by atoms with van der Waals surface area (Å²) in [6.45, 7) is 6.28. The molecule has 0 aliphatic carbocycles. The number of nitrogens with one attached hydrogen (secondary N) is 1. The van der Waals surface area contributed by atoms with E-state index in [1.807, 2.05) is 14.0 Å². The average molecular weight is 140 g/mol. The molecular weight excluding hydrogens is 126 g/mol. The highest BCUT2D eigenvalue weighted by Crippen LogP contribution is 2.04. The van der Waals surface area contributed by atoms with E-state index in [0.717, 1.165) is 11.6 Å². The van der Waals surface area contributed by atoms with Gasteiger partial charge in [0.1, 0.15) is 0 Å². The average Bonchev–Trinajstić information content (AvgIpc) is 2.14. The van der Waals surface area contributed by atoms with Gasteiger partial charge in [0.15, 0.2) is 0 Å². The maximum atomic E-state index is 4.15. The Morgan fingerprint density at radius 3 is 2.30 bits per heavy atom. The van der Waals surface area contributed by atoms with E-state index in [4.69, 9.17) is 0 Å². The van der Waals surface area contributed by atoms with Crippen LogP contribution in [-0.4, -0.2) is 10.2 Å². The number of nitrogens with zero attached hydrogens (tertiary/aromatic N) is 2. The van der Waals surface area contributed by atoms with Gasteiger partial charge in [0.05, 0.1) is 7.05 Å². The second-order valence-electron chi connectivity index (χ2n) is 2.88. The summed E-state index contributed by atoms with van der Waals surface area (Å²) in [5, 5.41) is 7.08. The van der Waals surface area contributed by atoms with Crippen molar-refractivity contribution < 1.29 is 4.57 Å². The van der Waals surface area contributed by atoms with Crippen LogP contribution in [0.5, 0.6) is 0 Å². The SMILES string of the molecule is Cc1[nH]nc(C(C)C)[n+]1C. The summed E-state index contributed by atoms with van der Waals surface area (Å²) in [6, 6.07) is 0. The Kier molecular flexibility index (Phi) is 1.74. The van der Waals surface area contributed by atoms with Gasteiger partial charge in [-0.15, -0.1) is 5.10 Å². The van der Waals surface area contributed by atoms with Crippen LogP contribution < -0.4 is 4.57 Å². The number of hydrogen-bond acceptors (Lipinski definition) is 1. The molecule has 0 saturated heterocycles. The monoisotopic (exact) mass is 140 g/mol. The van der Waals surface area contributed by atoms with Crippen LogP contribution in [-0.2, 0) is 7.05 Å². The zero-order valence-electron chi connectivity index (χ0n) is 6.97. The van der Waals surface area contributed by atoms with Gasteiger partial charge in [-0.1, -0.05) is 13.8 Å². The van der Waals surface area contributed by atoms with Crippen LogP contribution in [0, 0.1) is 6.92 Å². The van der Waals surface area contributed by atoms with Crippen molar-refractivity contribution in [2.45, 2.75) is 26.7 Å². The molecule has 0 aliphatic rings. The molecule has 0 amide bonds. The third-order valence-corrected chi connectivity index (χ3v) is 1.70. The van der Waals surface area contributed by atoms with Crippen molar-refractivity contribution in [1.82, 2.24) is 10.2 Å². The molecule has 1 rings (SSSR count). The van der Waals surface area contributed by atoms with Crippen molar-refractivity contribution >= 4 is 0 Å². The number of H-pyrrole nitrogens is 1. The minimum absolute atomic E-state index is 0.495. The highest BCUT2D eigenvalue weighted by molar-refractivity contribution is 4.81. The van der Waals surface area contributed by atoms with Crippen molar-refractivity contribution in [3.8, 4) is 0 Å². The molecule has 0 bridgehead atoms. The van der Waals surface area contributed by atoms with Crippen LogP contribution in [0.2, 0.25) is 0 Å². The summed E-state index contributed by atoms with van der Waals surface area (Å²) >= 11 is 0. The second-order valence-corrected chi connectivity index (χ2v) is 2.88. The molecule has 3 heteroatoms. The molecule has 1 heterocycles. The normalized spacial score (nSPS) is 10.9. The standard InChI is InChI=1S/C7H13N3/c1-5(2)7-9-8-6(3)10(7)4/h5H,1-4H3/p+1. The van der Waals surface area contributed by atoms with Crippen molar-refractivity contribution in [3.05, 3.63) is 11.6 Å². The highest BCUT2D eigenvalue weighted by atomic mass is 15.3. The Labute approximate surface area is 61.1 Å². The van der Waals surface area contributed by atoms with E-state index < -0.39 is 0 Å². The molecule has 1 aromatic heterocycles. The second kappa shape index (κ2) is 2.40. The summed E-state index contributed by atoms with van der Waals surface area (Å²) in [5.41, 5.74) is 0. The Balaban J connectivity index is 3.05. The fourth-order valence-electron chi connectivity index (χ4n) is 0.976. The first kappa shape index (κ1) is 7.25. The van der Waals surface area contributed by atoms with Crippen LogP contribution in [0.15, 0.2) is 0 Å². The quantitative estimate of drug-likeness (QED) is 0.571. The van der Waals surface area contributed by atoms with Gasteiger partial charge in [0.2, 0.25) is 5.82 Å². The van der Waals surface area contributed by atoms with Crippen LogP contribution >= 0.6 is 0 Å².